The Balaban J connectivity index is 2.05. The summed E-state index contributed by atoms with van der Waals surface area (Å²) in [6, 6.07) is 0.262. The molecular formula is C9H18N2O2S. The maximum absolute atomic E-state index is 11.7. The van der Waals surface area contributed by atoms with E-state index in [0.717, 1.165) is 45.3 Å². The molecule has 2 saturated heterocycles. The Labute approximate surface area is 85.7 Å². The van der Waals surface area contributed by atoms with Gasteiger partial charge in [0.15, 0.2) is 0 Å². The van der Waals surface area contributed by atoms with Gasteiger partial charge in [0.1, 0.15) is 0 Å². The first-order valence-electron chi connectivity index (χ1n) is 5.40. The van der Waals surface area contributed by atoms with Crippen LogP contribution in [0.4, 0.5) is 0 Å². The Morgan fingerprint density at radius 2 is 2.00 bits per heavy atom. The fraction of sp³-hybridized carbons (Fsp3) is 1.00. The monoisotopic (exact) mass is 218 g/mol. The summed E-state index contributed by atoms with van der Waals surface area (Å²) in [4.78, 5) is 0. The van der Waals surface area contributed by atoms with Gasteiger partial charge in [-0.1, -0.05) is 0 Å². The van der Waals surface area contributed by atoms with Crippen molar-refractivity contribution in [2.45, 2.75) is 31.7 Å². The van der Waals surface area contributed by atoms with Crippen molar-refractivity contribution in [2.75, 3.05) is 25.4 Å². The SMILES string of the molecule is O=S1(=O)CCCN1C1CCCNCC1. The Hall–Kier alpha value is -0.130. The van der Waals surface area contributed by atoms with E-state index < -0.39 is 10.0 Å². The minimum absolute atomic E-state index is 0.262. The molecule has 0 bridgehead atoms. The van der Waals surface area contributed by atoms with Gasteiger partial charge >= 0.3 is 0 Å². The van der Waals surface area contributed by atoms with Gasteiger partial charge in [-0.25, -0.2) is 8.42 Å². The van der Waals surface area contributed by atoms with Gasteiger partial charge in [0, 0.05) is 12.6 Å². The van der Waals surface area contributed by atoms with Gasteiger partial charge in [-0.3, -0.25) is 0 Å². The summed E-state index contributed by atoms with van der Waals surface area (Å²) in [6.07, 6.45) is 3.90. The first-order chi connectivity index (χ1) is 6.70. The summed E-state index contributed by atoms with van der Waals surface area (Å²) in [7, 11) is -2.90. The number of nitrogens with one attached hydrogen (secondary N) is 1. The van der Waals surface area contributed by atoms with Gasteiger partial charge in [-0.15, -0.1) is 0 Å². The third-order valence-corrected chi connectivity index (χ3v) is 5.09. The zero-order chi connectivity index (χ0) is 10.0. The molecule has 0 aromatic heterocycles. The highest BCUT2D eigenvalue weighted by Gasteiger charge is 2.34. The molecule has 0 spiro atoms. The van der Waals surface area contributed by atoms with Gasteiger partial charge in [-0.2, -0.15) is 4.31 Å². The number of sulfonamides is 1. The third kappa shape index (κ3) is 2.10. The number of nitrogens with zero attached hydrogens (tertiary/aromatic N) is 1. The molecule has 14 heavy (non-hydrogen) atoms. The lowest BCUT2D eigenvalue weighted by Crippen LogP contribution is -2.37. The highest BCUT2D eigenvalue weighted by Crippen LogP contribution is 2.22. The quantitative estimate of drug-likeness (QED) is 0.682. The predicted molar refractivity (Wildman–Crippen MR) is 55.6 cm³/mol. The first-order valence-corrected chi connectivity index (χ1v) is 7.01. The van der Waals surface area contributed by atoms with Crippen LogP contribution in [0, 0.1) is 0 Å². The fourth-order valence-corrected chi connectivity index (χ4v) is 4.16. The minimum Gasteiger partial charge on any atom is -0.317 e. The van der Waals surface area contributed by atoms with Crippen LogP contribution in [0.3, 0.4) is 0 Å². The molecule has 2 fully saturated rings. The van der Waals surface area contributed by atoms with E-state index in [2.05, 4.69) is 5.32 Å². The topological polar surface area (TPSA) is 49.4 Å². The van der Waals surface area contributed by atoms with Gasteiger partial charge in [0.2, 0.25) is 10.0 Å². The van der Waals surface area contributed by atoms with Gasteiger partial charge in [0.05, 0.1) is 5.75 Å². The van der Waals surface area contributed by atoms with Crippen molar-refractivity contribution < 1.29 is 8.42 Å². The zero-order valence-electron chi connectivity index (χ0n) is 8.41. The van der Waals surface area contributed by atoms with E-state index >= 15 is 0 Å². The molecule has 2 aliphatic heterocycles. The van der Waals surface area contributed by atoms with E-state index in [0.29, 0.717) is 5.75 Å². The average molecular weight is 218 g/mol. The number of hydrogen-bond acceptors (Lipinski definition) is 3. The van der Waals surface area contributed by atoms with Gasteiger partial charge in [0.25, 0.3) is 0 Å². The Morgan fingerprint density at radius 1 is 1.14 bits per heavy atom. The standard InChI is InChI=1S/C9H18N2O2S/c12-14(13)8-2-7-11(14)9-3-1-5-10-6-4-9/h9-10H,1-8H2. The van der Waals surface area contributed by atoms with E-state index in [1.54, 1.807) is 4.31 Å². The second kappa shape index (κ2) is 4.16. The van der Waals surface area contributed by atoms with Gasteiger partial charge < -0.3 is 5.32 Å². The van der Waals surface area contributed by atoms with Crippen molar-refractivity contribution in [1.82, 2.24) is 9.62 Å². The summed E-state index contributed by atoms with van der Waals surface area (Å²) < 4.78 is 25.1. The summed E-state index contributed by atoms with van der Waals surface area (Å²) >= 11 is 0. The van der Waals surface area contributed by atoms with Crippen molar-refractivity contribution in [3.63, 3.8) is 0 Å². The average Bonchev–Trinajstić information content (AvgIpc) is 2.41. The molecule has 0 radical (unpaired) electrons. The second-order valence-corrected chi connectivity index (χ2v) is 6.16. The van der Waals surface area contributed by atoms with E-state index in [1.807, 2.05) is 0 Å². The minimum atomic E-state index is -2.90. The summed E-state index contributed by atoms with van der Waals surface area (Å²) in [5, 5.41) is 3.31. The lowest BCUT2D eigenvalue weighted by Gasteiger charge is -2.24. The Kier molecular flexibility index (Phi) is 3.09. The molecule has 0 saturated carbocycles. The summed E-state index contributed by atoms with van der Waals surface area (Å²) in [5.41, 5.74) is 0. The van der Waals surface area contributed by atoms with Crippen molar-refractivity contribution in [1.29, 1.82) is 0 Å². The third-order valence-electron chi connectivity index (χ3n) is 3.09. The normalized spacial score (nSPS) is 34.1. The lowest BCUT2D eigenvalue weighted by atomic mass is 10.1. The molecule has 4 nitrogen and oxygen atoms in total. The maximum atomic E-state index is 11.7. The van der Waals surface area contributed by atoms with Crippen LogP contribution in [0.5, 0.6) is 0 Å². The van der Waals surface area contributed by atoms with Gasteiger partial charge in [-0.05, 0) is 38.8 Å². The molecule has 2 rings (SSSR count). The predicted octanol–water partition coefficient (Wildman–Crippen LogP) is 0.164. The van der Waals surface area contributed by atoms with Crippen LogP contribution in [0.2, 0.25) is 0 Å². The van der Waals surface area contributed by atoms with E-state index in [1.165, 1.54) is 0 Å². The van der Waals surface area contributed by atoms with E-state index in [9.17, 15) is 8.42 Å². The second-order valence-electron chi connectivity index (χ2n) is 4.12. The highest BCUT2D eigenvalue weighted by atomic mass is 32.2. The molecule has 82 valence electrons. The Morgan fingerprint density at radius 3 is 2.71 bits per heavy atom. The van der Waals surface area contributed by atoms with Crippen molar-refractivity contribution in [2.24, 2.45) is 0 Å². The molecule has 1 atom stereocenters. The molecule has 1 N–H and O–H groups in total. The smallest absolute Gasteiger partial charge is 0.214 e. The molecule has 0 aromatic carbocycles. The molecule has 2 heterocycles. The largest absolute Gasteiger partial charge is 0.317 e. The van der Waals surface area contributed by atoms with Crippen molar-refractivity contribution in [3.8, 4) is 0 Å². The van der Waals surface area contributed by atoms with Crippen LogP contribution in [-0.4, -0.2) is 44.2 Å². The fourth-order valence-electron chi connectivity index (χ4n) is 2.36. The van der Waals surface area contributed by atoms with Crippen LogP contribution in [0.15, 0.2) is 0 Å². The van der Waals surface area contributed by atoms with Crippen LogP contribution >= 0.6 is 0 Å². The molecule has 0 aromatic rings. The molecule has 1 unspecified atom stereocenters. The lowest BCUT2D eigenvalue weighted by molar-refractivity contribution is 0.316. The Bertz CT molecular complexity index is 281. The summed E-state index contributed by atoms with van der Waals surface area (Å²) in [5.74, 6) is 0.358. The molecule has 0 aliphatic carbocycles. The molecule has 5 heteroatoms. The maximum Gasteiger partial charge on any atom is 0.214 e. The van der Waals surface area contributed by atoms with Crippen LogP contribution in [-0.2, 0) is 10.0 Å². The number of hydrogen-bond donors (Lipinski definition) is 1. The molecular weight excluding hydrogens is 200 g/mol. The van der Waals surface area contributed by atoms with Crippen LogP contribution in [0.1, 0.15) is 25.7 Å². The zero-order valence-corrected chi connectivity index (χ0v) is 9.22. The van der Waals surface area contributed by atoms with Crippen molar-refractivity contribution >= 4 is 10.0 Å². The summed E-state index contributed by atoms with van der Waals surface area (Å²) in [6.45, 7) is 2.73. The van der Waals surface area contributed by atoms with E-state index in [-0.39, 0.29) is 6.04 Å². The number of rotatable bonds is 1. The highest BCUT2D eigenvalue weighted by molar-refractivity contribution is 7.89. The molecule has 2 aliphatic rings. The van der Waals surface area contributed by atoms with Crippen molar-refractivity contribution in [3.05, 3.63) is 0 Å². The first kappa shape index (κ1) is 10.4. The van der Waals surface area contributed by atoms with Crippen LogP contribution in [0.25, 0.3) is 0 Å². The van der Waals surface area contributed by atoms with Crippen LogP contribution < -0.4 is 5.32 Å². The van der Waals surface area contributed by atoms with E-state index in [4.69, 9.17) is 0 Å². The molecule has 0 amide bonds.